The molecule has 0 aromatic heterocycles. The first-order chi connectivity index (χ1) is 9.19. The van der Waals surface area contributed by atoms with Crippen LogP contribution in [-0.2, 0) is 10.0 Å². The van der Waals surface area contributed by atoms with Crippen molar-refractivity contribution >= 4 is 33.2 Å². The summed E-state index contributed by atoms with van der Waals surface area (Å²) in [4.78, 5) is 2.23. The van der Waals surface area contributed by atoms with E-state index in [9.17, 15) is 8.42 Å². The summed E-state index contributed by atoms with van der Waals surface area (Å²) in [6.45, 7) is 6.37. The highest BCUT2D eigenvalue weighted by molar-refractivity contribution is 8.00. The molecule has 1 fully saturated rings. The first kappa shape index (κ1) is 15.5. The summed E-state index contributed by atoms with van der Waals surface area (Å²) in [5.41, 5.74) is 6.98. The Kier molecular flexibility index (Phi) is 4.22. The Morgan fingerprint density at radius 1 is 1.30 bits per heavy atom. The van der Waals surface area contributed by atoms with Crippen molar-refractivity contribution in [1.82, 2.24) is 0 Å². The van der Waals surface area contributed by atoms with Gasteiger partial charge in [0.1, 0.15) is 4.90 Å². The number of hydrogen-bond donors (Lipinski definition) is 2. The van der Waals surface area contributed by atoms with Crippen LogP contribution in [0, 0.1) is 0 Å². The molecule has 0 atom stereocenters. The topological polar surface area (TPSA) is 89.4 Å². The Hall–Kier alpha value is -0.920. The van der Waals surface area contributed by atoms with E-state index < -0.39 is 10.0 Å². The zero-order valence-corrected chi connectivity index (χ0v) is 13.4. The summed E-state index contributed by atoms with van der Waals surface area (Å²) >= 11 is 1.96. The summed E-state index contributed by atoms with van der Waals surface area (Å²) in [5, 5.41) is 5.12. The van der Waals surface area contributed by atoms with Crippen molar-refractivity contribution in [3.63, 3.8) is 0 Å². The summed E-state index contributed by atoms with van der Waals surface area (Å²) in [6, 6.07) is 4.96. The van der Waals surface area contributed by atoms with Gasteiger partial charge in [-0.1, -0.05) is 13.8 Å². The lowest BCUT2D eigenvalue weighted by molar-refractivity contribution is 0.598. The molecule has 112 valence electrons. The first-order valence-corrected chi connectivity index (χ1v) is 9.03. The second-order valence-corrected chi connectivity index (χ2v) is 8.94. The predicted octanol–water partition coefficient (Wildman–Crippen LogP) is 1.64. The average Bonchev–Trinajstić information content (AvgIpc) is 2.48. The number of primary sulfonamides is 1. The van der Waals surface area contributed by atoms with Crippen molar-refractivity contribution < 1.29 is 8.42 Å². The number of thioether (sulfide) groups is 1. The Bertz CT molecular complexity index is 600. The molecular formula is C13H21N3O2S2. The van der Waals surface area contributed by atoms with Crippen molar-refractivity contribution in [3.8, 4) is 0 Å². The summed E-state index contributed by atoms with van der Waals surface area (Å²) < 4.78 is 23.0. The first-order valence-electron chi connectivity index (χ1n) is 6.50. The van der Waals surface area contributed by atoms with Gasteiger partial charge in [-0.05, 0) is 24.6 Å². The van der Waals surface area contributed by atoms with Crippen LogP contribution in [0.3, 0.4) is 0 Å². The van der Waals surface area contributed by atoms with Crippen LogP contribution >= 0.6 is 11.8 Å². The van der Waals surface area contributed by atoms with E-state index in [1.165, 1.54) is 6.07 Å². The molecule has 7 heteroatoms. The smallest absolute Gasteiger partial charge is 0.240 e. The van der Waals surface area contributed by atoms with Gasteiger partial charge in [0.25, 0.3) is 0 Å². The number of nitrogens with zero attached hydrogens (tertiary/aromatic N) is 1. The summed E-state index contributed by atoms with van der Waals surface area (Å²) in [5.74, 6) is 1.05. The molecule has 0 spiro atoms. The Morgan fingerprint density at radius 3 is 2.60 bits per heavy atom. The van der Waals surface area contributed by atoms with Gasteiger partial charge in [-0.25, -0.2) is 13.6 Å². The van der Waals surface area contributed by atoms with E-state index in [1.807, 2.05) is 11.8 Å². The highest BCUT2D eigenvalue weighted by atomic mass is 32.2. The number of benzene rings is 1. The van der Waals surface area contributed by atoms with E-state index in [0.29, 0.717) is 0 Å². The maximum atomic E-state index is 11.4. The van der Waals surface area contributed by atoms with Crippen LogP contribution in [0.5, 0.6) is 0 Å². The molecule has 20 heavy (non-hydrogen) atoms. The van der Waals surface area contributed by atoms with Crippen LogP contribution in [-0.4, -0.2) is 32.0 Å². The molecule has 1 aromatic rings. The maximum absolute atomic E-state index is 11.4. The highest BCUT2D eigenvalue weighted by Crippen LogP contribution is 2.33. The van der Waals surface area contributed by atoms with Crippen LogP contribution in [0.2, 0.25) is 0 Å². The maximum Gasteiger partial charge on any atom is 0.240 e. The lowest BCUT2D eigenvalue weighted by atomic mass is 10.1. The molecular weight excluding hydrogens is 294 g/mol. The van der Waals surface area contributed by atoms with Gasteiger partial charge >= 0.3 is 0 Å². The van der Waals surface area contributed by atoms with E-state index in [2.05, 4.69) is 18.7 Å². The van der Waals surface area contributed by atoms with Crippen molar-refractivity contribution in [2.24, 2.45) is 5.14 Å². The van der Waals surface area contributed by atoms with Crippen molar-refractivity contribution in [2.45, 2.75) is 29.9 Å². The quantitative estimate of drug-likeness (QED) is 0.810. The SMILES string of the molecule is CC1(C)CCN(c2ccc(S(N)(=O)=O)c(N)c2)CCS1. The van der Waals surface area contributed by atoms with E-state index in [-0.39, 0.29) is 15.3 Å². The van der Waals surface area contributed by atoms with Crippen molar-refractivity contribution in [1.29, 1.82) is 0 Å². The summed E-state index contributed by atoms with van der Waals surface area (Å²) in [7, 11) is -3.75. The molecule has 1 aliphatic heterocycles. The molecule has 0 amide bonds. The van der Waals surface area contributed by atoms with E-state index in [0.717, 1.165) is 31.0 Å². The molecule has 1 saturated heterocycles. The van der Waals surface area contributed by atoms with Gasteiger partial charge in [-0.3, -0.25) is 0 Å². The third-order valence-electron chi connectivity index (χ3n) is 3.50. The molecule has 1 heterocycles. The molecule has 4 N–H and O–H groups in total. The van der Waals surface area contributed by atoms with Gasteiger partial charge in [-0.2, -0.15) is 11.8 Å². The minimum atomic E-state index is -3.75. The number of sulfonamides is 1. The molecule has 2 rings (SSSR count). The number of nitrogen functional groups attached to an aromatic ring is 1. The van der Waals surface area contributed by atoms with Crippen LogP contribution < -0.4 is 15.8 Å². The fourth-order valence-corrected chi connectivity index (χ4v) is 4.02. The largest absolute Gasteiger partial charge is 0.398 e. The third-order valence-corrected chi connectivity index (χ3v) is 5.86. The minimum Gasteiger partial charge on any atom is -0.398 e. The van der Waals surface area contributed by atoms with Gasteiger partial charge in [0, 0.05) is 29.3 Å². The van der Waals surface area contributed by atoms with Gasteiger partial charge in [-0.15, -0.1) is 0 Å². The fourth-order valence-electron chi connectivity index (χ4n) is 2.27. The van der Waals surface area contributed by atoms with E-state index in [1.54, 1.807) is 12.1 Å². The average molecular weight is 315 g/mol. The monoisotopic (exact) mass is 315 g/mol. The molecule has 0 saturated carbocycles. The van der Waals surface area contributed by atoms with Gasteiger partial charge < -0.3 is 10.6 Å². The Morgan fingerprint density at radius 2 is 2.00 bits per heavy atom. The number of rotatable bonds is 2. The number of nitrogens with two attached hydrogens (primary N) is 2. The highest BCUT2D eigenvalue weighted by Gasteiger charge is 2.24. The normalized spacial score (nSPS) is 19.6. The predicted molar refractivity (Wildman–Crippen MR) is 85.6 cm³/mol. The molecule has 0 aliphatic carbocycles. The van der Waals surface area contributed by atoms with E-state index >= 15 is 0 Å². The third kappa shape index (κ3) is 3.59. The second kappa shape index (κ2) is 5.46. The van der Waals surface area contributed by atoms with Crippen LogP contribution in [0.25, 0.3) is 0 Å². The zero-order chi connectivity index (χ0) is 15.0. The molecule has 1 aromatic carbocycles. The van der Waals surface area contributed by atoms with Crippen molar-refractivity contribution in [2.75, 3.05) is 29.5 Å². The minimum absolute atomic E-state index is 0.00854. The number of hydrogen-bond acceptors (Lipinski definition) is 5. The van der Waals surface area contributed by atoms with E-state index in [4.69, 9.17) is 10.9 Å². The van der Waals surface area contributed by atoms with Gasteiger partial charge in [0.05, 0.1) is 5.69 Å². The standard InChI is InChI=1S/C13H21N3O2S2/c1-13(2)5-6-16(7-8-19-13)10-3-4-12(11(14)9-10)20(15,17)18/h3-4,9H,5-8,14H2,1-2H3,(H2,15,17,18). The van der Waals surface area contributed by atoms with Gasteiger partial charge in [0.2, 0.25) is 10.0 Å². The molecule has 0 unspecified atom stereocenters. The van der Waals surface area contributed by atoms with Crippen LogP contribution in [0.1, 0.15) is 20.3 Å². The fraction of sp³-hybridized carbons (Fsp3) is 0.538. The molecule has 5 nitrogen and oxygen atoms in total. The molecule has 0 radical (unpaired) electrons. The Balaban J connectivity index is 2.24. The lowest BCUT2D eigenvalue weighted by Crippen LogP contribution is -2.27. The lowest BCUT2D eigenvalue weighted by Gasteiger charge is -2.24. The van der Waals surface area contributed by atoms with Crippen LogP contribution in [0.4, 0.5) is 11.4 Å². The summed E-state index contributed by atoms with van der Waals surface area (Å²) in [6.07, 6.45) is 1.08. The van der Waals surface area contributed by atoms with Crippen molar-refractivity contribution in [3.05, 3.63) is 18.2 Å². The van der Waals surface area contributed by atoms with Crippen LogP contribution in [0.15, 0.2) is 23.1 Å². The molecule has 1 aliphatic rings. The second-order valence-electron chi connectivity index (χ2n) is 5.61. The Labute approximate surface area is 124 Å². The molecule has 0 bridgehead atoms. The number of anilines is 2. The zero-order valence-electron chi connectivity index (χ0n) is 11.8. The van der Waals surface area contributed by atoms with Gasteiger partial charge in [0.15, 0.2) is 0 Å².